The van der Waals surface area contributed by atoms with E-state index in [1.165, 1.54) is 11.8 Å². The zero-order chi connectivity index (χ0) is 18.0. The van der Waals surface area contributed by atoms with Gasteiger partial charge in [0.25, 0.3) is 0 Å². The number of rotatable bonds is 6. The van der Waals surface area contributed by atoms with Crippen LogP contribution in [0.25, 0.3) is 11.0 Å². The van der Waals surface area contributed by atoms with Gasteiger partial charge in [0.1, 0.15) is 5.82 Å². The summed E-state index contributed by atoms with van der Waals surface area (Å²) in [5, 5.41) is 8.93. The Morgan fingerprint density at radius 1 is 1.24 bits per heavy atom. The molecule has 0 saturated carbocycles. The normalized spacial score (nSPS) is 11.6. The van der Waals surface area contributed by atoms with Crippen LogP contribution < -0.4 is 10.0 Å². The van der Waals surface area contributed by atoms with Gasteiger partial charge in [-0.05, 0) is 24.0 Å². The molecule has 1 aromatic carbocycles. The lowest BCUT2D eigenvalue weighted by atomic mass is 10.2. The highest BCUT2D eigenvalue weighted by atomic mass is 32.2. The molecule has 3 rings (SSSR count). The van der Waals surface area contributed by atoms with E-state index in [0.717, 1.165) is 16.6 Å². The lowest BCUT2D eigenvalue weighted by Gasteiger charge is -2.09. The van der Waals surface area contributed by atoms with Crippen molar-refractivity contribution < 1.29 is 13.0 Å². The van der Waals surface area contributed by atoms with Crippen molar-refractivity contribution in [2.45, 2.75) is 11.7 Å². The van der Waals surface area contributed by atoms with Crippen molar-refractivity contribution in [3.63, 3.8) is 0 Å². The van der Waals surface area contributed by atoms with E-state index < -0.39 is 10.3 Å². The van der Waals surface area contributed by atoms with Crippen molar-refractivity contribution in [1.82, 2.24) is 19.7 Å². The minimum Gasteiger partial charge on any atom is -0.365 e. The van der Waals surface area contributed by atoms with Crippen LogP contribution in [-0.4, -0.2) is 39.0 Å². The van der Waals surface area contributed by atoms with Gasteiger partial charge >= 0.3 is 10.3 Å². The molecule has 9 nitrogen and oxygen atoms in total. The minimum atomic E-state index is -4.27. The molecule has 2 heterocycles. The topological polar surface area (TPSA) is 122 Å². The maximum Gasteiger partial charge on any atom is 0.357 e. The van der Waals surface area contributed by atoms with Crippen LogP contribution in [0.2, 0.25) is 0 Å². The highest BCUT2D eigenvalue weighted by molar-refractivity contribution is 7.98. The number of anilines is 2. The largest absolute Gasteiger partial charge is 0.365 e. The van der Waals surface area contributed by atoms with Gasteiger partial charge in [-0.3, -0.25) is 14.0 Å². The number of thioether (sulfide) groups is 1. The maximum atomic E-state index is 10.8. The molecular weight excluding hydrogens is 364 g/mol. The van der Waals surface area contributed by atoms with Crippen LogP contribution in [0.3, 0.4) is 0 Å². The van der Waals surface area contributed by atoms with Crippen LogP contribution in [-0.2, 0) is 23.9 Å². The van der Waals surface area contributed by atoms with E-state index in [2.05, 4.69) is 20.4 Å². The fraction of sp³-hybridized carbons (Fsp3) is 0.214. The molecule has 11 heteroatoms. The first-order chi connectivity index (χ1) is 11.9. The van der Waals surface area contributed by atoms with Crippen molar-refractivity contribution >= 4 is 44.6 Å². The summed E-state index contributed by atoms with van der Waals surface area (Å²) in [6, 6.07) is 6.63. The minimum absolute atomic E-state index is 0.285. The third kappa shape index (κ3) is 4.18. The Labute approximate surface area is 148 Å². The highest BCUT2D eigenvalue weighted by Gasteiger charge is 2.11. The molecule has 0 spiro atoms. The van der Waals surface area contributed by atoms with Crippen LogP contribution in [0, 0.1) is 0 Å². The molecule has 0 atom stereocenters. The fourth-order valence-corrected chi connectivity index (χ4v) is 3.05. The van der Waals surface area contributed by atoms with Crippen molar-refractivity contribution in [3.8, 4) is 0 Å². The molecule has 0 fully saturated rings. The van der Waals surface area contributed by atoms with Gasteiger partial charge in [0.2, 0.25) is 0 Å². The summed E-state index contributed by atoms with van der Waals surface area (Å²) in [5.41, 5.74) is 1.95. The predicted molar refractivity (Wildman–Crippen MR) is 97.0 cm³/mol. The lowest BCUT2D eigenvalue weighted by molar-refractivity contribution is 0.489. The van der Waals surface area contributed by atoms with Crippen LogP contribution in [0.5, 0.6) is 0 Å². The molecule has 0 radical (unpaired) electrons. The molecule has 0 saturated heterocycles. The summed E-state index contributed by atoms with van der Waals surface area (Å²) in [6.07, 6.45) is 3.61. The van der Waals surface area contributed by atoms with E-state index >= 15 is 0 Å². The zero-order valence-electron chi connectivity index (χ0n) is 13.5. The Kier molecular flexibility index (Phi) is 4.79. The lowest BCUT2D eigenvalue weighted by Crippen LogP contribution is -2.10. The predicted octanol–water partition coefficient (Wildman–Crippen LogP) is 1.91. The first-order valence-electron chi connectivity index (χ1n) is 7.17. The summed E-state index contributed by atoms with van der Waals surface area (Å²) in [7, 11) is -2.45. The second kappa shape index (κ2) is 6.86. The monoisotopic (exact) mass is 380 g/mol. The van der Waals surface area contributed by atoms with Gasteiger partial charge in [-0.15, -0.1) is 0 Å². The standard InChI is InChI=1S/C14H16N6O3S2/c1-20-13-11(8-16-20)12(17-14(18-13)24-2)15-7-9-3-5-10(6-4-9)19-25(21,22)23/h3-6,8,19H,7H2,1-2H3,(H,15,17,18)(H,21,22,23). The molecule has 0 aliphatic heterocycles. The Balaban J connectivity index is 1.78. The highest BCUT2D eigenvalue weighted by Crippen LogP contribution is 2.23. The maximum absolute atomic E-state index is 10.8. The molecule has 3 aromatic rings. The third-order valence-electron chi connectivity index (χ3n) is 3.41. The number of nitrogens with one attached hydrogen (secondary N) is 2. The van der Waals surface area contributed by atoms with Gasteiger partial charge in [-0.2, -0.15) is 13.5 Å². The number of hydrogen-bond acceptors (Lipinski definition) is 7. The van der Waals surface area contributed by atoms with Crippen LogP contribution in [0.4, 0.5) is 11.5 Å². The number of hydrogen-bond donors (Lipinski definition) is 3. The molecule has 0 bridgehead atoms. The molecule has 25 heavy (non-hydrogen) atoms. The van der Waals surface area contributed by atoms with Gasteiger partial charge in [-0.25, -0.2) is 9.97 Å². The van der Waals surface area contributed by atoms with E-state index in [1.54, 1.807) is 35.1 Å². The van der Waals surface area contributed by atoms with E-state index in [9.17, 15) is 8.42 Å². The molecule has 0 aliphatic carbocycles. The van der Waals surface area contributed by atoms with Crippen molar-refractivity contribution in [2.24, 2.45) is 7.05 Å². The average molecular weight is 380 g/mol. The third-order valence-corrected chi connectivity index (χ3v) is 4.46. The summed E-state index contributed by atoms with van der Waals surface area (Å²) >= 11 is 1.45. The second-order valence-electron chi connectivity index (χ2n) is 5.19. The van der Waals surface area contributed by atoms with Crippen molar-refractivity contribution in [3.05, 3.63) is 36.0 Å². The zero-order valence-corrected chi connectivity index (χ0v) is 15.1. The summed E-state index contributed by atoms with van der Waals surface area (Å²) in [4.78, 5) is 8.91. The SMILES string of the molecule is CSc1nc(NCc2ccc(NS(=O)(=O)O)cc2)c2cnn(C)c2n1. The number of fused-ring (bicyclic) bond motifs is 1. The van der Waals surface area contributed by atoms with Gasteiger partial charge in [0.05, 0.1) is 17.3 Å². The van der Waals surface area contributed by atoms with Gasteiger partial charge < -0.3 is 5.32 Å². The van der Waals surface area contributed by atoms with Crippen LogP contribution in [0.15, 0.2) is 35.6 Å². The molecule has 0 amide bonds. The first-order valence-corrected chi connectivity index (χ1v) is 9.84. The van der Waals surface area contributed by atoms with Crippen molar-refractivity contribution in [2.75, 3.05) is 16.3 Å². The smallest absolute Gasteiger partial charge is 0.357 e. The van der Waals surface area contributed by atoms with Gasteiger partial charge in [0.15, 0.2) is 10.8 Å². The number of aromatic nitrogens is 4. The van der Waals surface area contributed by atoms with Crippen LogP contribution in [0.1, 0.15) is 5.56 Å². The molecule has 0 unspecified atom stereocenters. The average Bonchev–Trinajstić information content (AvgIpc) is 2.94. The number of aryl methyl sites for hydroxylation is 1. The Morgan fingerprint density at radius 3 is 2.60 bits per heavy atom. The Morgan fingerprint density at radius 2 is 1.96 bits per heavy atom. The summed E-state index contributed by atoms with van der Waals surface area (Å²) in [6.45, 7) is 0.487. The van der Waals surface area contributed by atoms with E-state index in [4.69, 9.17) is 4.55 Å². The van der Waals surface area contributed by atoms with E-state index in [1.807, 2.05) is 18.0 Å². The Hall–Kier alpha value is -2.37. The van der Waals surface area contributed by atoms with Crippen LogP contribution >= 0.6 is 11.8 Å². The molecule has 0 aliphatic rings. The van der Waals surface area contributed by atoms with Gasteiger partial charge in [0, 0.05) is 13.6 Å². The number of benzene rings is 1. The summed E-state index contributed by atoms with van der Waals surface area (Å²) in [5.74, 6) is 0.683. The quantitative estimate of drug-likeness (QED) is 0.337. The summed E-state index contributed by atoms with van der Waals surface area (Å²) < 4.78 is 34.0. The number of nitrogens with zero attached hydrogens (tertiary/aromatic N) is 4. The second-order valence-corrected chi connectivity index (χ2v) is 7.12. The molecule has 3 N–H and O–H groups in total. The fourth-order valence-electron chi connectivity index (χ4n) is 2.25. The van der Waals surface area contributed by atoms with E-state index in [0.29, 0.717) is 17.5 Å². The van der Waals surface area contributed by atoms with E-state index in [-0.39, 0.29) is 5.69 Å². The molecule has 2 aromatic heterocycles. The van der Waals surface area contributed by atoms with Crippen molar-refractivity contribution in [1.29, 1.82) is 0 Å². The Bertz CT molecular complexity index is 1000. The molecular formula is C14H16N6O3S2. The first kappa shape index (κ1) is 17.5. The molecule has 132 valence electrons. The van der Waals surface area contributed by atoms with Gasteiger partial charge in [-0.1, -0.05) is 23.9 Å².